The molecule has 0 amide bonds. The van der Waals surface area contributed by atoms with Crippen LogP contribution in [-0.4, -0.2) is 19.1 Å². The van der Waals surface area contributed by atoms with Gasteiger partial charge in [-0.05, 0) is 12.5 Å². The average molecular weight is 236 g/mol. The van der Waals surface area contributed by atoms with E-state index in [2.05, 4.69) is 0 Å². The van der Waals surface area contributed by atoms with Gasteiger partial charge < -0.3 is 9.47 Å². The largest absolute Gasteiger partial charge is 0.493 e. The summed E-state index contributed by atoms with van der Waals surface area (Å²) in [6, 6.07) is 4.80. The van der Waals surface area contributed by atoms with Crippen molar-refractivity contribution >= 4 is 5.69 Å². The van der Waals surface area contributed by atoms with Crippen molar-refractivity contribution in [1.82, 2.24) is 0 Å². The Balaban J connectivity index is 3.25. The molecule has 0 saturated heterocycles. The Hall–Kier alpha value is -2.29. The second-order valence-electron chi connectivity index (χ2n) is 3.25. The van der Waals surface area contributed by atoms with Gasteiger partial charge in [0.2, 0.25) is 0 Å². The highest BCUT2D eigenvalue weighted by Crippen LogP contribution is 2.34. The van der Waals surface area contributed by atoms with Gasteiger partial charge >= 0.3 is 0 Å². The predicted molar refractivity (Wildman–Crippen MR) is 60.1 cm³/mol. The third-order valence-corrected chi connectivity index (χ3v) is 2.29. The van der Waals surface area contributed by atoms with Crippen LogP contribution in [0.4, 0.5) is 5.69 Å². The lowest BCUT2D eigenvalue weighted by molar-refractivity contribution is -0.385. The van der Waals surface area contributed by atoms with E-state index in [1.165, 1.54) is 26.4 Å². The molecule has 6 nitrogen and oxygen atoms in total. The molecule has 1 aromatic rings. The number of nitro groups is 1. The topological polar surface area (TPSA) is 85.4 Å². The zero-order valence-corrected chi connectivity index (χ0v) is 9.60. The number of nitrogens with zero attached hydrogens (tertiary/aromatic N) is 2. The first kappa shape index (κ1) is 12.8. The van der Waals surface area contributed by atoms with Crippen molar-refractivity contribution in [3.63, 3.8) is 0 Å². The summed E-state index contributed by atoms with van der Waals surface area (Å²) in [6.07, 6.45) is 0.531. The quantitative estimate of drug-likeness (QED) is 0.577. The van der Waals surface area contributed by atoms with Crippen molar-refractivity contribution in [2.75, 3.05) is 14.2 Å². The van der Waals surface area contributed by atoms with E-state index < -0.39 is 4.92 Å². The molecule has 0 N–H and O–H groups in total. The molecule has 0 aliphatic heterocycles. The Bertz CT molecular complexity index is 465. The molecular weight excluding hydrogens is 224 g/mol. The first-order chi connectivity index (χ1) is 8.13. The van der Waals surface area contributed by atoms with Crippen LogP contribution in [0.3, 0.4) is 0 Å². The van der Waals surface area contributed by atoms with E-state index in [1.807, 2.05) is 6.07 Å². The van der Waals surface area contributed by atoms with Crippen LogP contribution in [0.1, 0.15) is 12.0 Å². The second-order valence-corrected chi connectivity index (χ2v) is 3.25. The maximum atomic E-state index is 10.9. The van der Waals surface area contributed by atoms with Crippen LogP contribution in [0.5, 0.6) is 11.5 Å². The summed E-state index contributed by atoms with van der Waals surface area (Å²) in [5, 5.41) is 19.4. The molecule has 0 saturated carbocycles. The fourth-order valence-electron chi connectivity index (χ4n) is 1.47. The van der Waals surface area contributed by atoms with Gasteiger partial charge in [-0.1, -0.05) is 0 Å². The lowest BCUT2D eigenvalue weighted by atomic mass is 10.1. The monoisotopic (exact) mass is 236 g/mol. The number of hydrogen-bond donors (Lipinski definition) is 0. The van der Waals surface area contributed by atoms with Gasteiger partial charge in [-0.15, -0.1) is 0 Å². The fourth-order valence-corrected chi connectivity index (χ4v) is 1.47. The van der Waals surface area contributed by atoms with Crippen LogP contribution < -0.4 is 9.47 Å². The molecule has 0 unspecified atom stereocenters. The van der Waals surface area contributed by atoms with Crippen molar-refractivity contribution in [2.24, 2.45) is 0 Å². The zero-order chi connectivity index (χ0) is 12.8. The molecule has 0 aliphatic carbocycles. The number of nitriles is 1. The Morgan fingerprint density at radius 1 is 1.35 bits per heavy atom. The third-order valence-electron chi connectivity index (χ3n) is 2.29. The summed E-state index contributed by atoms with van der Waals surface area (Å²) < 4.78 is 10.1. The average Bonchev–Trinajstić information content (AvgIpc) is 2.34. The van der Waals surface area contributed by atoms with Gasteiger partial charge in [0.15, 0.2) is 11.5 Å². The highest BCUT2D eigenvalue weighted by Gasteiger charge is 2.18. The standard InChI is InChI=1S/C11H12N2O4/c1-16-10-6-8(4-3-5-12)9(13(14)15)7-11(10)17-2/h6-7H,3-4H2,1-2H3. The molecule has 0 aromatic heterocycles. The molecule has 0 fully saturated rings. The molecule has 1 rings (SSSR count). The maximum absolute atomic E-state index is 10.9. The maximum Gasteiger partial charge on any atom is 0.276 e. The molecular formula is C11H12N2O4. The number of hydrogen-bond acceptors (Lipinski definition) is 5. The van der Waals surface area contributed by atoms with Crippen LogP contribution >= 0.6 is 0 Å². The van der Waals surface area contributed by atoms with Gasteiger partial charge in [0.05, 0.1) is 31.3 Å². The third kappa shape index (κ3) is 2.84. The van der Waals surface area contributed by atoms with Crippen molar-refractivity contribution in [3.05, 3.63) is 27.8 Å². The van der Waals surface area contributed by atoms with Crippen molar-refractivity contribution < 1.29 is 14.4 Å². The van der Waals surface area contributed by atoms with Crippen molar-refractivity contribution in [1.29, 1.82) is 5.26 Å². The van der Waals surface area contributed by atoms with Gasteiger partial charge in [-0.2, -0.15) is 5.26 Å². The first-order valence-corrected chi connectivity index (χ1v) is 4.90. The SMILES string of the molecule is COc1cc(CCC#N)c([N+](=O)[O-])cc1OC. The number of rotatable bonds is 5. The van der Waals surface area contributed by atoms with E-state index in [0.29, 0.717) is 23.5 Å². The van der Waals surface area contributed by atoms with Crippen LogP contribution in [0.25, 0.3) is 0 Å². The van der Waals surface area contributed by atoms with Crippen molar-refractivity contribution in [3.8, 4) is 17.6 Å². The molecule has 0 aliphatic rings. The van der Waals surface area contributed by atoms with Crippen molar-refractivity contribution in [2.45, 2.75) is 12.8 Å². The highest BCUT2D eigenvalue weighted by atomic mass is 16.6. The minimum absolute atomic E-state index is 0.0575. The van der Waals surface area contributed by atoms with Gasteiger partial charge in [0, 0.05) is 12.0 Å². The van der Waals surface area contributed by atoms with Crippen LogP contribution in [-0.2, 0) is 6.42 Å². The summed E-state index contributed by atoms with van der Waals surface area (Å²) in [4.78, 5) is 10.4. The summed E-state index contributed by atoms with van der Waals surface area (Å²) in [5.74, 6) is 0.728. The molecule has 17 heavy (non-hydrogen) atoms. The number of methoxy groups -OCH3 is 2. The van der Waals surface area contributed by atoms with E-state index >= 15 is 0 Å². The predicted octanol–water partition coefficient (Wildman–Crippen LogP) is 2.07. The molecule has 0 atom stereocenters. The molecule has 90 valence electrons. The summed E-state index contributed by atoms with van der Waals surface area (Å²) in [5.41, 5.74) is 0.409. The molecule has 6 heteroatoms. The number of aryl methyl sites for hydroxylation is 1. The summed E-state index contributed by atoms with van der Waals surface area (Å²) in [7, 11) is 2.87. The lowest BCUT2D eigenvalue weighted by Crippen LogP contribution is -1.99. The highest BCUT2D eigenvalue weighted by molar-refractivity contribution is 5.54. The van der Waals surface area contributed by atoms with E-state index in [1.54, 1.807) is 0 Å². The van der Waals surface area contributed by atoms with Gasteiger partial charge in [-0.25, -0.2) is 0 Å². The Morgan fingerprint density at radius 3 is 2.41 bits per heavy atom. The van der Waals surface area contributed by atoms with Gasteiger partial charge in [0.25, 0.3) is 5.69 Å². The minimum atomic E-state index is -0.491. The molecule has 0 radical (unpaired) electrons. The minimum Gasteiger partial charge on any atom is -0.493 e. The molecule has 0 heterocycles. The fraction of sp³-hybridized carbons (Fsp3) is 0.364. The van der Waals surface area contributed by atoms with Crippen LogP contribution in [0, 0.1) is 21.4 Å². The number of benzene rings is 1. The van der Waals surface area contributed by atoms with E-state index in [9.17, 15) is 10.1 Å². The van der Waals surface area contributed by atoms with E-state index in [-0.39, 0.29) is 12.1 Å². The summed E-state index contributed by atoms with van der Waals surface area (Å²) in [6.45, 7) is 0. The van der Waals surface area contributed by atoms with E-state index in [4.69, 9.17) is 14.7 Å². The second kappa shape index (κ2) is 5.70. The Kier molecular flexibility index (Phi) is 4.29. The zero-order valence-electron chi connectivity index (χ0n) is 9.60. The Morgan fingerprint density at radius 2 is 1.94 bits per heavy atom. The first-order valence-electron chi connectivity index (χ1n) is 4.90. The lowest BCUT2D eigenvalue weighted by Gasteiger charge is -2.09. The van der Waals surface area contributed by atoms with Crippen LogP contribution in [0.15, 0.2) is 12.1 Å². The normalized spacial score (nSPS) is 9.47. The molecule has 1 aromatic carbocycles. The smallest absolute Gasteiger partial charge is 0.276 e. The van der Waals surface area contributed by atoms with Gasteiger partial charge in [-0.3, -0.25) is 10.1 Å². The molecule has 0 spiro atoms. The van der Waals surface area contributed by atoms with E-state index in [0.717, 1.165) is 0 Å². The number of nitro benzene ring substituents is 1. The Labute approximate surface area is 98.5 Å². The van der Waals surface area contributed by atoms with Crippen LogP contribution in [0.2, 0.25) is 0 Å². The van der Waals surface area contributed by atoms with Gasteiger partial charge in [0.1, 0.15) is 0 Å². The summed E-state index contributed by atoms with van der Waals surface area (Å²) >= 11 is 0. The number of ether oxygens (including phenoxy) is 2. The molecule has 0 bridgehead atoms.